The van der Waals surface area contributed by atoms with Gasteiger partial charge in [0.1, 0.15) is 0 Å². The summed E-state index contributed by atoms with van der Waals surface area (Å²) in [6.07, 6.45) is -4.34. The number of hydrogen-bond donors (Lipinski definition) is 1. The maximum absolute atomic E-state index is 12.6. The third kappa shape index (κ3) is 5.48. The molecule has 23 heavy (non-hydrogen) atoms. The van der Waals surface area contributed by atoms with Crippen LogP contribution in [0.5, 0.6) is 0 Å². The Morgan fingerprint density at radius 2 is 1.83 bits per heavy atom. The van der Waals surface area contributed by atoms with Crippen LogP contribution in [-0.2, 0) is 6.18 Å². The molecule has 118 valence electrons. The molecule has 0 aliphatic heterocycles. The van der Waals surface area contributed by atoms with Crippen LogP contribution in [0.1, 0.15) is 15.9 Å². The van der Waals surface area contributed by atoms with Gasteiger partial charge in [0.15, 0.2) is 0 Å². The molecular weight excluding hydrogens is 370 g/mol. The van der Waals surface area contributed by atoms with Crippen molar-refractivity contribution in [3.8, 4) is 10.7 Å². The fraction of sp³-hybridized carbons (Fsp3) is 0.118. The molecule has 0 bridgehead atoms. The first kappa shape index (κ1) is 17.1. The Labute approximate surface area is 138 Å². The van der Waals surface area contributed by atoms with Gasteiger partial charge < -0.3 is 0 Å². The van der Waals surface area contributed by atoms with Crippen LogP contribution in [0.2, 0.25) is 0 Å². The van der Waals surface area contributed by atoms with E-state index in [-0.39, 0.29) is 12.5 Å². The summed E-state index contributed by atoms with van der Waals surface area (Å²) in [4.78, 5) is 14.6. The minimum absolute atomic E-state index is 0.161. The molecule has 0 saturated heterocycles. The van der Waals surface area contributed by atoms with Crippen molar-refractivity contribution < 1.29 is 18.0 Å². The van der Waals surface area contributed by atoms with Gasteiger partial charge in [0.25, 0.3) is 0 Å². The first-order valence-electron chi connectivity index (χ1n) is 6.62. The topological polar surface area (TPSA) is 29.1 Å². The summed E-state index contributed by atoms with van der Waals surface area (Å²) >= 11 is -0.390. The summed E-state index contributed by atoms with van der Waals surface area (Å²) in [7, 11) is 0. The van der Waals surface area contributed by atoms with Gasteiger partial charge in [-0.05, 0) is 0 Å². The van der Waals surface area contributed by atoms with Crippen molar-refractivity contribution in [2.75, 3.05) is 6.54 Å². The van der Waals surface area contributed by atoms with Crippen molar-refractivity contribution in [1.29, 1.82) is 0 Å². The molecular formula is C17H12F3NOSe. The minimum atomic E-state index is -4.34. The molecule has 6 heteroatoms. The molecule has 0 saturated carbocycles. The van der Waals surface area contributed by atoms with Crippen LogP contribution in [0.25, 0.3) is 0 Å². The van der Waals surface area contributed by atoms with Crippen LogP contribution < -0.4 is 9.78 Å². The number of alkyl halides is 3. The molecule has 0 fully saturated rings. The second-order valence-electron chi connectivity index (χ2n) is 4.46. The van der Waals surface area contributed by atoms with E-state index in [2.05, 4.69) is 16.1 Å². The van der Waals surface area contributed by atoms with E-state index in [1.165, 1.54) is 6.07 Å². The van der Waals surface area contributed by atoms with E-state index < -0.39 is 26.7 Å². The first-order chi connectivity index (χ1) is 11.0. The molecule has 1 amide bonds. The number of hydrogen-bond acceptors (Lipinski definition) is 1. The van der Waals surface area contributed by atoms with E-state index in [1.807, 2.05) is 6.07 Å². The average molecular weight is 382 g/mol. The van der Waals surface area contributed by atoms with Crippen molar-refractivity contribution in [3.63, 3.8) is 0 Å². The number of carbonyl (C=O) groups is 1. The Kier molecular flexibility index (Phi) is 5.86. The third-order valence-corrected chi connectivity index (χ3v) is 4.32. The maximum atomic E-state index is 12.6. The number of nitrogens with one attached hydrogen (secondary N) is 1. The quantitative estimate of drug-likeness (QED) is 0.641. The van der Waals surface area contributed by atoms with Crippen LogP contribution in [0, 0.1) is 10.7 Å². The first-order valence-corrected chi connectivity index (χ1v) is 8.33. The predicted octanol–water partition coefficient (Wildman–Crippen LogP) is 2.43. The van der Waals surface area contributed by atoms with Gasteiger partial charge in [0, 0.05) is 0 Å². The summed E-state index contributed by atoms with van der Waals surface area (Å²) in [5.74, 6) is 2.53. The van der Waals surface area contributed by atoms with Gasteiger partial charge in [-0.3, -0.25) is 0 Å². The van der Waals surface area contributed by atoms with Crippen molar-refractivity contribution in [1.82, 2.24) is 5.32 Å². The van der Waals surface area contributed by atoms with Crippen LogP contribution >= 0.6 is 0 Å². The molecule has 2 aromatic rings. The van der Waals surface area contributed by atoms with Crippen molar-refractivity contribution >= 4 is 25.3 Å². The molecule has 0 aliphatic rings. The number of carbonyl (C=O) groups excluding carboxylic acids is 1. The average Bonchev–Trinajstić information content (AvgIpc) is 2.54. The van der Waals surface area contributed by atoms with Gasteiger partial charge in [-0.25, -0.2) is 0 Å². The van der Waals surface area contributed by atoms with E-state index in [4.69, 9.17) is 0 Å². The van der Waals surface area contributed by atoms with E-state index in [0.717, 1.165) is 12.1 Å². The number of benzene rings is 2. The van der Waals surface area contributed by atoms with Crippen LogP contribution in [-0.4, -0.2) is 27.4 Å². The molecule has 2 rings (SSSR count). The van der Waals surface area contributed by atoms with Crippen molar-refractivity contribution in [3.05, 3.63) is 65.7 Å². The molecule has 0 atom stereocenters. The normalized spacial score (nSPS) is 10.6. The molecule has 0 heterocycles. The Morgan fingerprint density at radius 1 is 1.09 bits per heavy atom. The molecule has 2 aromatic carbocycles. The van der Waals surface area contributed by atoms with E-state index >= 15 is 0 Å². The van der Waals surface area contributed by atoms with Gasteiger partial charge in [-0.2, -0.15) is 0 Å². The third-order valence-electron chi connectivity index (χ3n) is 2.78. The summed E-state index contributed by atoms with van der Waals surface area (Å²) in [5, 5.41) is 2.64. The Bertz CT molecular complexity index is 733. The fourth-order valence-corrected chi connectivity index (χ4v) is 2.93. The van der Waals surface area contributed by atoms with Gasteiger partial charge in [-0.15, -0.1) is 0 Å². The molecule has 0 spiro atoms. The Hall–Kier alpha value is -2.22. The van der Waals surface area contributed by atoms with Crippen LogP contribution in [0.15, 0.2) is 54.6 Å². The Balaban J connectivity index is 1.86. The molecule has 0 aromatic heterocycles. The van der Waals surface area contributed by atoms with E-state index in [0.29, 0.717) is 10.0 Å². The molecule has 2 nitrogen and oxygen atoms in total. The van der Waals surface area contributed by atoms with Gasteiger partial charge in [0.2, 0.25) is 0 Å². The Morgan fingerprint density at radius 3 is 2.52 bits per heavy atom. The van der Waals surface area contributed by atoms with Gasteiger partial charge in [-0.1, -0.05) is 0 Å². The number of amides is 1. The number of halogens is 3. The van der Waals surface area contributed by atoms with Crippen molar-refractivity contribution in [2.24, 2.45) is 0 Å². The van der Waals surface area contributed by atoms with Crippen LogP contribution in [0.4, 0.5) is 13.2 Å². The van der Waals surface area contributed by atoms with E-state index in [9.17, 15) is 18.0 Å². The van der Waals surface area contributed by atoms with E-state index in [1.54, 1.807) is 30.3 Å². The molecule has 0 radical (unpaired) electrons. The summed E-state index contributed by atoms with van der Waals surface area (Å²) < 4.78 is 38.3. The monoisotopic (exact) mass is 383 g/mol. The van der Waals surface area contributed by atoms with Gasteiger partial charge >= 0.3 is 138 Å². The molecule has 0 aliphatic carbocycles. The summed E-state index contributed by atoms with van der Waals surface area (Å²) in [6, 6.07) is 13.9. The fourth-order valence-electron chi connectivity index (χ4n) is 1.68. The number of rotatable bonds is 3. The second-order valence-corrected chi connectivity index (χ2v) is 6.30. The zero-order valence-electron chi connectivity index (χ0n) is 11.9. The second kappa shape index (κ2) is 7.87. The van der Waals surface area contributed by atoms with Crippen LogP contribution in [0.3, 0.4) is 0 Å². The zero-order chi connectivity index (χ0) is 16.7. The van der Waals surface area contributed by atoms with Gasteiger partial charge in [0.05, 0.1) is 0 Å². The predicted molar refractivity (Wildman–Crippen MR) is 83.4 cm³/mol. The zero-order valence-corrected chi connectivity index (χ0v) is 13.6. The summed E-state index contributed by atoms with van der Waals surface area (Å²) in [5.41, 5.74) is -0.131. The molecule has 0 unspecified atom stereocenters. The summed E-state index contributed by atoms with van der Waals surface area (Å²) in [6.45, 7) is 0.161. The SMILES string of the molecule is O=C(NCC#C[Se]c1cccc(C(F)(F)F)c1)c1ccccc1. The van der Waals surface area contributed by atoms with Crippen molar-refractivity contribution in [2.45, 2.75) is 6.18 Å². The standard InChI is InChI=1S/C17H12F3NOSe/c18-17(19,20)14-8-4-9-15(12-14)23-11-5-10-21-16(22)13-6-2-1-3-7-13/h1-4,6-9,12H,10H2,(H,21,22). The molecule has 1 N–H and O–H groups in total.